The molecule has 1 aromatic heterocycles. The molecule has 3 heterocycles. The number of hydrogen-bond acceptors (Lipinski definition) is 5. The van der Waals surface area contributed by atoms with Crippen LogP contribution in [0, 0.1) is 5.92 Å². The Kier molecular flexibility index (Phi) is 8.90. The zero-order chi connectivity index (χ0) is 30.0. The fourth-order valence-corrected chi connectivity index (χ4v) is 6.90. The third kappa shape index (κ3) is 6.82. The fraction of sp³-hybridized carbons (Fsp3) is 0.444. The molecule has 0 bridgehead atoms. The predicted molar refractivity (Wildman–Crippen MR) is 171 cm³/mol. The summed E-state index contributed by atoms with van der Waals surface area (Å²) in [5.74, 6) is 1.84. The van der Waals surface area contributed by atoms with E-state index in [9.17, 15) is 9.90 Å². The first-order valence-electron chi connectivity index (χ1n) is 15.7. The summed E-state index contributed by atoms with van der Waals surface area (Å²) in [6.07, 6.45) is 11.4. The van der Waals surface area contributed by atoms with Crippen molar-refractivity contribution < 1.29 is 14.6 Å². The Morgan fingerprint density at radius 3 is 2.65 bits per heavy atom. The van der Waals surface area contributed by atoms with Crippen molar-refractivity contribution in [3.63, 3.8) is 0 Å². The molecule has 43 heavy (non-hydrogen) atoms. The zero-order valence-electron chi connectivity index (χ0n) is 25.3. The highest BCUT2D eigenvalue weighted by Gasteiger charge is 2.34. The zero-order valence-corrected chi connectivity index (χ0v) is 26.0. The third-order valence-corrected chi connectivity index (χ3v) is 9.48. The number of aromatic nitrogens is 1. The number of pyridine rings is 1. The first-order valence-corrected chi connectivity index (χ1v) is 16.1. The third-order valence-electron chi connectivity index (χ3n) is 9.23. The van der Waals surface area contributed by atoms with Gasteiger partial charge in [0.05, 0.1) is 5.60 Å². The molecule has 3 aromatic rings. The van der Waals surface area contributed by atoms with E-state index in [1.165, 1.54) is 6.42 Å². The van der Waals surface area contributed by atoms with Gasteiger partial charge in [-0.3, -0.25) is 4.79 Å². The van der Waals surface area contributed by atoms with Crippen LogP contribution in [-0.2, 0) is 16.9 Å². The summed E-state index contributed by atoms with van der Waals surface area (Å²) >= 11 is 6.15. The van der Waals surface area contributed by atoms with Crippen LogP contribution < -0.4 is 4.74 Å². The number of carbonyl (C=O) groups excluding carboxylic acids is 1. The van der Waals surface area contributed by atoms with Gasteiger partial charge in [-0.2, -0.15) is 0 Å². The molecule has 2 aromatic carbocycles. The summed E-state index contributed by atoms with van der Waals surface area (Å²) in [6, 6.07) is 18.0. The van der Waals surface area contributed by atoms with E-state index in [4.69, 9.17) is 16.3 Å². The molecular weight excluding hydrogens is 558 g/mol. The average molecular weight is 600 g/mol. The van der Waals surface area contributed by atoms with Gasteiger partial charge in [-0.1, -0.05) is 55.1 Å². The Hall–Kier alpha value is -3.19. The second kappa shape index (κ2) is 12.8. The van der Waals surface area contributed by atoms with Crippen LogP contribution in [0.25, 0.3) is 5.57 Å². The van der Waals surface area contributed by atoms with Gasteiger partial charge in [0.25, 0.3) is 0 Å². The molecule has 1 atom stereocenters. The minimum atomic E-state index is -0.952. The van der Waals surface area contributed by atoms with Gasteiger partial charge in [0.2, 0.25) is 11.8 Å². The van der Waals surface area contributed by atoms with E-state index in [0.29, 0.717) is 18.3 Å². The van der Waals surface area contributed by atoms with Crippen LogP contribution in [0.15, 0.2) is 66.9 Å². The summed E-state index contributed by atoms with van der Waals surface area (Å²) in [7, 11) is 0. The molecule has 7 heteroatoms. The highest BCUT2D eigenvalue weighted by Crippen LogP contribution is 2.44. The number of carbonyl (C=O) groups is 1. The second-order valence-electron chi connectivity index (χ2n) is 12.8. The van der Waals surface area contributed by atoms with E-state index in [0.717, 1.165) is 96.8 Å². The van der Waals surface area contributed by atoms with E-state index in [2.05, 4.69) is 20.9 Å². The van der Waals surface area contributed by atoms with Gasteiger partial charge in [0.1, 0.15) is 5.75 Å². The van der Waals surface area contributed by atoms with Gasteiger partial charge in [0.15, 0.2) is 0 Å². The van der Waals surface area contributed by atoms with Crippen molar-refractivity contribution in [2.45, 2.75) is 77.0 Å². The summed E-state index contributed by atoms with van der Waals surface area (Å²) in [6.45, 7) is 7.01. The SMILES string of the molecule is CC(C)(O)c1ccc2c(c1)/C(=C/CCN1CC[C@H](N(Cc3ccc(Cl)cc3)C(=O)C3CCCCC3)C1)c1cccnc1O2. The van der Waals surface area contributed by atoms with Crippen molar-refractivity contribution in [1.82, 2.24) is 14.8 Å². The quantitative estimate of drug-likeness (QED) is 0.226. The van der Waals surface area contributed by atoms with Gasteiger partial charge in [0, 0.05) is 60.5 Å². The number of benzene rings is 2. The van der Waals surface area contributed by atoms with Crippen LogP contribution in [0.5, 0.6) is 11.6 Å². The first-order chi connectivity index (χ1) is 20.8. The van der Waals surface area contributed by atoms with Crippen LogP contribution in [0.3, 0.4) is 0 Å². The van der Waals surface area contributed by atoms with Crippen LogP contribution in [0.1, 0.15) is 81.0 Å². The van der Waals surface area contributed by atoms with Gasteiger partial charge in [-0.25, -0.2) is 4.98 Å². The van der Waals surface area contributed by atoms with Crippen molar-refractivity contribution in [1.29, 1.82) is 0 Å². The molecule has 2 aliphatic heterocycles. The number of rotatable bonds is 8. The van der Waals surface area contributed by atoms with Crippen molar-refractivity contribution in [2.75, 3.05) is 19.6 Å². The highest BCUT2D eigenvalue weighted by molar-refractivity contribution is 6.30. The lowest BCUT2D eigenvalue weighted by molar-refractivity contribution is -0.139. The number of ether oxygens (including phenoxy) is 1. The molecule has 226 valence electrons. The molecule has 1 aliphatic carbocycles. The van der Waals surface area contributed by atoms with Crippen LogP contribution in [-0.4, -0.2) is 51.5 Å². The lowest BCUT2D eigenvalue weighted by Gasteiger charge is -2.34. The first kappa shape index (κ1) is 29.9. The van der Waals surface area contributed by atoms with Gasteiger partial charge in [-0.05, 0) is 92.6 Å². The van der Waals surface area contributed by atoms with Crippen molar-refractivity contribution in [3.05, 3.63) is 94.1 Å². The Morgan fingerprint density at radius 1 is 1.09 bits per heavy atom. The number of hydrogen-bond donors (Lipinski definition) is 1. The maximum atomic E-state index is 13.9. The summed E-state index contributed by atoms with van der Waals surface area (Å²) in [5.41, 5.74) is 4.06. The number of amides is 1. The molecule has 2 fully saturated rings. The monoisotopic (exact) mass is 599 g/mol. The number of aliphatic hydroxyl groups is 1. The van der Waals surface area contributed by atoms with E-state index >= 15 is 0 Å². The minimum absolute atomic E-state index is 0.149. The summed E-state index contributed by atoms with van der Waals surface area (Å²) in [5, 5.41) is 11.4. The van der Waals surface area contributed by atoms with E-state index < -0.39 is 5.60 Å². The molecule has 6 rings (SSSR count). The van der Waals surface area contributed by atoms with E-state index in [1.807, 2.05) is 54.6 Å². The standard InChI is InChI=1S/C36H42ClN3O3/c1-36(2,42)27-14-17-33-32(22-27)30(31-10-6-19-38-34(31)43-33)11-7-20-39-21-18-29(24-39)40(23-25-12-15-28(37)16-13-25)35(41)26-8-4-3-5-9-26/h6,10-17,19,22,26,29,42H,3-5,7-9,18,20-21,23-24H2,1-2H3/b30-11+/t29-/m0/s1. The topological polar surface area (TPSA) is 65.9 Å². The normalized spacial score (nSPS) is 20.0. The Morgan fingerprint density at radius 2 is 1.88 bits per heavy atom. The van der Waals surface area contributed by atoms with Gasteiger partial charge in [-0.15, -0.1) is 0 Å². The molecule has 6 nitrogen and oxygen atoms in total. The number of halogens is 1. The molecule has 0 unspecified atom stereocenters. The Labute approximate surface area is 260 Å². The smallest absolute Gasteiger partial charge is 0.227 e. The van der Waals surface area contributed by atoms with E-state index in [1.54, 1.807) is 20.0 Å². The Balaban J connectivity index is 1.18. The lowest BCUT2D eigenvalue weighted by atomic mass is 9.87. The summed E-state index contributed by atoms with van der Waals surface area (Å²) < 4.78 is 6.13. The second-order valence-corrected chi connectivity index (χ2v) is 13.2. The number of fused-ring (bicyclic) bond motifs is 2. The molecule has 1 saturated carbocycles. The molecule has 1 N–H and O–H groups in total. The van der Waals surface area contributed by atoms with Crippen LogP contribution >= 0.6 is 11.6 Å². The predicted octanol–water partition coefficient (Wildman–Crippen LogP) is 7.57. The largest absolute Gasteiger partial charge is 0.438 e. The van der Waals surface area contributed by atoms with Crippen molar-refractivity contribution in [3.8, 4) is 11.6 Å². The van der Waals surface area contributed by atoms with Gasteiger partial charge >= 0.3 is 0 Å². The highest BCUT2D eigenvalue weighted by atomic mass is 35.5. The Bertz CT molecular complexity index is 1470. The lowest BCUT2D eigenvalue weighted by Crippen LogP contribution is -2.45. The number of likely N-dealkylation sites (tertiary alicyclic amines) is 1. The maximum absolute atomic E-state index is 13.9. The average Bonchev–Trinajstić information content (AvgIpc) is 3.48. The molecule has 0 spiro atoms. The van der Waals surface area contributed by atoms with E-state index in [-0.39, 0.29) is 12.0 Å². The van der Waals surface area contributed by atoms with Gasteiger partial charge < -0.3 is 19.6 Å². The van der Waals surface area contributed by atoms with Crippen LogP contribution in [0.2, 0.25) is 5.02 Å². The fourth-order valence-electron chi connectivity index (χ4n) is 6.77. The minimum Gasteiger partial charge on any atom is -0.438 e. The van der Waals surface area contributed by atoms with Crippen molar-refractivity contribution in [2.24, 2.45) is 5.92 Å². The molecule has 3 aliphatic rings. The van der Waals surface area contributed by atoms with Crippen LogP contribution in [0.4, 0.5) is 0 Å². The molecule has 1 saturated heterocycles. The van der Waals surface area contributed by atoms with Crippen molar-refractivity contribution >= 4 is 23.1 Å². The maximum Gasteiger partial charge on any atom is 0.227 e. The molecular formula is C36H42ClN3O3. The molecule has 0 radical (unpaired) electrons. The molecule has 1 amide bonds. The number of nitrogens with zero attached hydrogens (tertiary/aromatic N) is 3. The summed E-state index contributed by atoms with van der Waals surface area (Å²) in [4.78, 5) is 23.0.